The van der Waals surface area contributed by atoms with Crippen LogP contribution in [0.4, 0.5) is 0 Å². The van der Waals surface area contributed by atoms with Crippen molar-refractivity contribution in [2.45, 2.75) is 49.1 Å². The molecule has 6 heteroatoms. The Morgan fingerprint density at radius 2 is 1.43 bits per heavy atom. The average molecular weight is 206 g/mol. The van der Waals surface area contributed by atoms with Crippen molar-refractivity contribution in [3.05, 3.63) is 0 Å². The lowest BCUT2D eigenvalue weighted by atomic mass is 9.77. The van der Waals surface area contributed by atoms with Crippen molar-refractivity contribution in [2.75, 3.05) is 0 Å². The van der Waals surface area contributed by atoms with Gasteiger partial charge in [0.25, 0.3) is 0 Å². The summed E-state index contributed by atoms with van der Waals surface area (Å²) >= 11 is 0. The fraction of sp³-hybridized carbons (Fsp3) is 1.00. The molecule has 1 saturated carbocycles. The minimum absolute atomic E-state index is 0.104. The number of rotatable bonds is 1. The second-order valence-electron chi connectivity index (χ2n) is 4.08. The Morgan fingerprint density at radius 3 is 1.79 bits per heavy atom. The zero-order chi connectivity index (χ0) is 10.5. The highest BCUT2D eigenvalue weighted by Gasteiger charge is 2.58. The fourth-order valence-corrected chi connectivity index (χ4v) is 2.03. The normalized spacial score (nSPS) is 58.5. The predicted molar refractivity (Wildman–Crippen MR) is 43.1 cm³/mol. The van der Waals surface area contributed by atoms with Crippen LogP contribution in [-0.2, 0) is 4.74 Å². The molecule has 0 aromatic heterocycles. The van der Waals surface area contributed by atoms with E-state index in [1.807, 2.05) is 0 Å². The van der Waals surface area contributed by atoms with Crippen LogP contribution in [0.5, 0.6) is 0 Å². The zero-order valence-corrected chi connectivity index (χ0v) is 7.45. The van der Waals surface area contributed by atoms with E-state index in [-0.39, 0.29) is 12.8 Å². The van der Waals surface area contributed by atoms with E-state index in [1.165, 1.54) is 0 Å². The Balaban J connectivity index is 2.07. The number of epoxide rings is 1. The topological polar surface area (TPSA) is 114 Å². The third-order valence-electron chi connectivity index (χ3n) is 2.91. The molecule has 2 rings (SSSR count). The van der Waals surface area contributed by atoms with Gasteiger partial charge in [-0.15, -0.1) is 0 Å². The highest BCUT2D eigenvalue weighted by molar-refractivity contribution is 5.04. The first kappa shape index (κ1) is 10.3. The minimum Gasteiger partial charge on any atom is -0.390 e. The van der Waals surface area contributed by atoms with Crippen LogP contribution in [0, 0.1) is 0 Å². The number of hydrogen-bond acceptors (Lipinski definition) is 6. The van der Waals surface area contributed by atoms with E-state index in [4.69, 9.17) is 9.84 Å². The van der Waals surface area contributed by atoms with Crippen molar-refractivity contribution in [3.63, 3.8) is 0 Å². The quantitative estimate of drug-likeness (QED) is 0.299. The highest BCUT2D eigenvalue weighted by atomic mass is 16.7. The third kappa shape index (κ3) is 1.54. The molecule has 0 radical (unpaired) electrons. The van der Waals surface area contributed by atoms with E-state index in [1.54, 1.807) is 0 Å². The molecule has 2 fully saturated rings. The van der Waals surface area contributed by atoms with Gasteiger partial charge >= 0.3 is 0 Å². The maximum atomic E-state index is 9.92. The second kappa shape index (κ2) is 3.13. The van der Waals surface area contributed by atoms with Gasteiger partial charge in [0.15, 0.2) is 6.29 Å². The lowest BCUT2D eigenvalue weighted by Crippen LogP contribution is -2.55. The Kier molecular flexibility index (Phi) is 2.30. The van der Waals surface area contributed by atoms with E-state index in [9.17, 15) is 20.4 Å². The summed E-state index contributed by atoms with van der Waals surface area (Å²) in [6.07, 6.45) is -5.64. The van der Waals surface area contributed by atoms with E-state index in [0.29, 0.717) is 0 Å². The van der Waals surface area contributed by atoms with Crippen LogP contribution >= 0.6 is 0 Å². The Bertz CT molecular complexity index is 220. The summed E-state index contributed by atoms with van der Waals surface area (Å²) in [4.78, 5) is 0. The van der Waals surface area contributed by atoms with Crippen LogP contribution in [-0.4, -0.2) is 61.8 Å². The molecular weight excluding hydrogens is 192 g/mol. The van der Waals surface area contributed by atoms with Crippen LogP contribution in [0.25, 0.3) is 0 Å². The summed E-state index contributed by atoms with van der Waals surface area (Å²) in [5.41, 5.74) is -1.45. The molecule has 0 aromatic rings. The summed E-state index contributed by atoms with van der Waals surface area (Å²) in [5, 5.41) is 46.8. The Morgan fingerprint density at radius 1 is 1.00 bits per heavy atom. The van der Waals surface area contributed by atoms with Crippen molar-refractivity contribution >= 4 is 0 Å². The molecule has 1 aliphatic heterocycles. The van der Waals surface area contributed by atoms with Gasteiger partial charge in [0.2, 0.25) is 0 Å². The van der Waals surface area contributed by atoms with Crippen molar-refractivity contribution < 1.29 is 30.3 Å². The first-order valence-corrected chi connectivity index (χ1v) is 4.54. The van der Waals surface area contributed by atoms with Crippen molar-refractivity contribution in [2.24, 2.45) is 0 Å². The Hall–Kier alpha value is -0.240. The molecular formula is C8H14O6. The molecule has 0 aromatic carbocycles. The highest BCUT2D eigenvalue weighted by Crippen LogP contribution is 2.40. The van der Waals surface area contributed by atoms with Gasteiger partial charge in [0, 0.05) is 12.8 Å². The number of aliphatic hydroxyl groups excluding tert-OH is 4. The molecule has 5 N–H and O–H groups in total. The SMILES string of the molecule is OC1OC1C1(O)C[C@@H](O)C(O)[C@H](O)C1. The van der Waals surface area contributed by atoms with Crippen molar-refractivity contribution in [1.82, 2.24) is 0 Å². The van der Waals surface area contributed by atoms with Gasteiger partial charge in [0.05, 0.1) is 12.2 Å². The molecule has 0 bridgehead atoms. The van der Waals surface area contributed by atoms with Crippen molar-refractivity contribution in [1.29, 1.82) is 0 Å². The van der Waals surface area contributed by atoms with Crippen molar-refractivity contribution in [3.8, 4) is 0 Å². The molecule has 14 heavy (non-hydrogen) atoms. The van der Waals surface area contributed by atoms with Gasteiger partial charge in [0.1, 0.15) is 17.8 Å². The smallest absolute Gasteiger partial charge is 0.184 e. The molecule has 1 heterocycles. The predicted octanol–water partition coefficient (Wildman–Crippen LogP) is -2.69. The molecule has 82 valence electrons. The number of ether oxygens (including phenoxy) is 1. The maximum Gasteiger partial charge on any atom is 0.184 e. The molecule has 2 unspecified atom stereocenters. The maximum absolute atomic E-state index is 9.92. The lowest BCUT2D eigenvalue weighted by Gasteiger charge is -2.39. The first-order valence-electron chi connectivity index (χ1n) is 4.54. The van der Waals surface area contributed by atoms with E-state index >= 15 is 0 Å². The molecule has 2 aliphatic rings. The number of hydrogen-bond donors (Lipinski definition) is 5. The zero-order valence-electron chi connectivity index (χ0n) is 7.45. The number of aliphatic hydroxyl groups is 5. The second-order valence-corrected chi connectivity index (χ2v) is 4.08. The summed E-state index contributed by atoms with van der Waals surface area (Å²) in [6.45, 7) is 0. The largest absolute Gasteiger partial charge is 0.390 e. The molecule has 1 aliphatic carbocycles. The van der Waals surface area contributed by atoms with Gasteiger partial charge in [-0.05, 0) is 0 Å². The minimum atomic E-state index is -1.45. The molecule has 1 saturated heterocycles. The van der Waals surface area contributed by atoms with E-state index in [0.717, 1.165) is 0 Å². The molecule has 0 amide bonds. The van der Waals surface area contributed by atoms with E-state index < -0.39 is 36.3 Å². The average Bonchev–Trinajstić information content (AvgIpc) is 2.79. The monoisotopic (exact) mass is 206 g/mol. The van der Waals surface area contributed by atoms with Crippen LogP contribution in [0.1, 0.15) is 12.8 Å². The summed E-state index contributed by atoms with van der Waals surface area (Å²) in [7, 11) is 0. The Labute approximate surface area is 80.4 Å². The summed E-state index contributed by atoms with van der Waals surface area (Å²) < 4.78 is 4.69. The van der Waals surface area contributed by atoms with Gasteiger partial charge in [-0.2, -0.15) is 0 Å². The standard InChI is InChI=1S/C8H14O6/c9-3-1-8(13,6-7(12)14-6)2-4(10)5(3)11/h3-7,9-13H,1-2H2/t3-,4-,5?,6?,7?,8?/m1/s1. The van der Waals surface area contributed by atoms with E-state index in [2.05, 4.69) is 0 Å². The van der Waals surface area contributed by atoms with Crippen LogP contribution in [0.3, 0.4) is 0 Å². The van der Waals surface area contributed by atoms with Crippen LogP contribution in [0.15, 0.2) is 0 Å². The third-order valence-corrected chi connectivity index (χ3v) is 2.91. The van der Waals surface area contributed by atoms with Gasteiger partial charge < -0.3 is 30.3 Å². The fourth-order valence-electron chi connectivity index (χ4n) is 2.03. The molecule has 4 atom stereocenters. The van der Waals surface area contributed by atoms with Gasteiger partial charge in [-0.3, -0.25) is 0 Å². The van der Waals surface area contributed by atoms with Gasteiger partial charge in [-0.25, -0.2) is 0 Å². The lowest BCUT2D eigenvalue weighted by molar-refractivity contribution is -0.161. The first-order chi connectivity index (χ1) is 6.44. The van der Waals surface area contributed by atoms with Crippen LogP contribution in [0.2, 0.25) is 0 Å². The molecule has 0 spiro atoms. The van der Waals surface area contributed by atoms with Crippen LogP contribution < -0.4 is 0 Å². The molecule has 6 nitrogen and oxygen atoms in total. The van der Waals surface area contributed by atoms with Gasteiger partial charge in [-0.1, -0.05) is 0 Å². The summed E-state index contributed by atoms with van der Waals surface area (Å²) in [5.74, 6) is 0. The summed E-state index contributed by atoms with van der Waals surface area (Å²) in [6, 6.07) is 0.